The molecule has 0 aliphatic carbocycles. The number of hydrogen-bond donors (Lipinski definition) is 2. The first-order chi connectivity index (χ1) is 7.11. The van der Waals surface area contributed by atoms with Crippen LogP contribution in [0.4, 0.5) is 0 Å². The van der Waals surface area contributed by atoms with Crippen LogP contribution in [0.1, 0.15) is 14.7 Å². The predicted octanol–water partition coefficient (Wildman–Crippen LogP) is 0.223. The maximum absolute atomic E-state index is 10.8. The minimum atomic E-state index is -1.12. The number of nitrogens with zero attached hydrogens (tertiary/aromatic N) is 1. The third kappa shape index (κ3) is 6.31. The summed E-state index contributed by atoms with van der Waals surface area (Å²) in [7, 11) is 0. The average Bonchev–Trinajstić information content (AvgIpc) is 2.21. The second kappa shape index (κ2) is 7.21. The Labute approximate surface area is 87.9 Å². The molecule has 0 spiro atoms. The number of amides is 1. The van der Waals surface area contributed by atoms with Crippen molar-refractivity contribution < 1.29 is 16.1 Å². The molecule has 14 heavy (non-hydrogen) atoms. The standard InChI is InChI=1S/C8H12N2O3S/c1-6(11)10-7(8(12)13)5-14-4-2-3-9/h7H,2,4-5H2,1H3,(H,10,11)(H,12,13)/t7-/m0/s1/i1D. The number of rotatable bonds is 6. The molecule has 6 heteroatoms. The fourth-order valence-corrected chi connectivity index (χ4v) is 1.55. The fraction of sp³-hybridized carbons (Fsp3) is 0.625. The summed E-state index contributed by atoms with van der Waals surface area (Å²) in [6.07, 6.45) is 0.351. The Hall–Kier alpha value is -1.22. The van der Waals surface area contributed by atoms with Gasteiger partial charge in [-0.3, -0.25) is 4.79 Å². The summed E-state index contributed by atoms with van der Waals surface area (Å²) >= 11 is 1.29. The van der Waals surface area contributed by atoms with Gasteiger partial charge in [0.05, 0.1) is 6.07 Å². The van der Waals surface area contributed by atoms with Gasteiger partial charge in [0.1, 0.15) is 6.04 Å². The van der Waals surface area contributed by atoms with Gasteiger partial charge in [0, 0.05) is 26.2 Å². The fourth-order valence-electron chi connectivity index (χ4n) is 0.688. The normalized spacial score (nSPS) is 12.4. The molecule has 0 bridgehead atoms. The lowest BCUT2D eigenvalue weighted by Gasteiger charge is -2.11. The lowest BCUT2D eigenvalue weighted by Crippen LogP contribution is -2.41. The number of nitriles is 1. The molecule has 1 amide bonds. The first kappa shape index (κ1) is 10.9. The molecule has 0 heterocycles. The summed E-state index contributed by atoms with van der Waals surface area (Å²) in [4.78, 5) is 21.5. The van der Waals surface area contributed by atoms with Crippen LogP contribution in [0, 0.1) is 11.3 Å². The Kier molecular flexibility index (Phi) is 5.59. The summed E-state index contributed by atoms with van der Waals surface area (Å²) in [5.41, 5.74) is 0. The Bertz CT molecular complexity index is 267. The highest BCUT2D eigenvalue weighted by Crippen LogP contribution is 2.04. The van der Waals surface area contributed by atoms with Crippen LogP contribution in [0.5, 0.6) is 0 Å². The molecule has 5 nitrogen and oxygen atoms in total. The molecule has 0 aromatic rings. The second-order valence-electron chi connectivity index (χ2n) is 2.44. The van der Waals surface area contributed by atoms with E-state index in [-0.39, 0.29) is 5.75 Å². The highest BCUT2D eigenvalue weighted by atomic mass is 32.2. The molecule has 0 aliphatic heterocycles. The maximum Gasteiger partial charge on any atom is 0.327 e. The van der Waals surface area contributed by atoms with E-state index in [9.17, 15) is 9.59 Å². The molecule has 78 valence electrons. The number of carbonyl (C=O) groups excluding carboxylic acids is 1. The van der Waals surface area contributed by atoms with Gasteiger partial charge in [-0.25, -0.2) is 4.79 Å². The van der Waals surface area contributed by atoms with Gasteiger partial charge in [0.2, 0.25) is 5.91 Å². The molecule has 0 saturated carbocycles. The molecule has 1 atom stereocenters. The number of thioether (sulfide) groups is 1. The molecule has 0 rings (SSSR count). The lowest BCUT2D eigenvalue weighted by atomic mass is 10.3. The van der Waals surface area contributed by atoms with Gasteiger partial charge in [-0.05, 0) is 0 Å². The number of aliphatic carboxylic acids is 1. The van der Waals surface area contributed by atoms with Crippen molar-refractivity contribution in [3.63, 3.8) is 0 Å². The van der Waals surface area contributed by atoms with Gasteiger partial charge >= 0.3 is 5.97 Å². The first-order valence-electron chi connectivity index (χ1n) is 4.58. The molecule has 0 unspecified atom stereocenters. The molecule has 0 aromatic heterocycles. The van der Waals surface area contributed by atoms with Gasteiger partial charge < -0.3 is 10.4 Å². The van der Waals surface area contributed by atoms with Crippen LogP contribution in [0.25, 0.3) is 0 Å². The monoisotopic (exact) mass is 217 g/mol. The minimum absolute atomic E-state index is 0.211. The van der Waals surface area contributed by atoms with E-state index in [0.717, 1.165) is 0 Å². The van der Waals surface area contributed by atoms with Crippen LogP contribution < -0.4 is 5.32 Å². The Morgan fingerprint density at radius 2 is 2.50 bits per heavy atom. The molecule has 2 N–H and O–H groups in total. The zero-order chi connectivity index (χ0) is 11.7. The largest absolute Gasteiger partial charge is 0.480 e. The predicted molar refractivity (Wildman–Crippen MR) is 52.8 cm³/mol. The van der Waals surface area contributed by atoms with Crippen molar-refractivity contribution >= 4 is 23.6 Å². The van der Waals surface area contributed by atoms with Crippen molar-refractivity contribution in [1.82, 2.24) is 5.32 Å². The topological polar surface area (TPSA) is 90.2 Å². The molecule has 0 radical (unpaired) electrons. The van der Waals surface area contributed by atoms with Crippen LogP contribution >= 0.6 is 11.8 Å². The number of carboxylic acid groups (broad SMARTS) is 1. The van der Waals surface area contributed by atoms with E-state index in [1.807, 2.05) is 6.07 Å². The smallest absolute Gasteiger partial charge is 0.327 e. The number of hydrogen-bond acceptors (Lipinski definition) is 4. The Morgan fingerprint density at radius 1 is 1.79 bits per heavy atom. The number of carboxylic acids is 1. The van der Waals surface area contributed by atoms with E-state index in [1.54, 1.807) is 0 Å². The highest BCUT2D eigenvalue weighted by Gasteiger charge is 2.17. The van der Waals surface area contributed by atoms with Crippen LogP contribution in [0.2, 0.25) is 0 Å². The summed E-state index contributed by atoms with van der Waals surface area (Å²) in [5, 5.41) is 19.2. The van der Waals surface area contributed by atoms with Crippen molar-refractivity contribution in [2.75, 3.05) is 11.5 Å². The summed E-state index contributed by atoms with van der Waals surface area (Å²) in [6, 6.07) is 0.957. The van der Waals surface area contributed by atoms with Gasteiger partial charge in [0.15, 0.2) is 0 Å². The minimum Gasteiger partial charge on any atom is -0.480 e. The number of carbonyl (C=O) groups is 2. The molecular formula is C8H12N2O3S. The van der Waals surface area contributed by atoms with E-state index in [4.69, 9.17) is 11.7 Å². The summed E-state index contributed by atoms with van der Waals surface area (Å²) in [6.45, 7) is -0.480. The third-order valence-electron chi connectivity index (χ3n) is 1.28. The van der Waals surface area contributed by atoms with Crippen LogP contribution in [0.3, 0.4) is 0 Å². The molecule has 0 fully saturated rings. The zero-order valence-electron chi connectivity index (χ0n) is 8.52. The van der Waals surface area contributed by atoms with E-state index in [0.29, 0.717) is 12.2 Å². The van der Waals surface area contributed by atoms with Gasteiger partial charge in [-0.15, -0.1) is 0 Å². The lowest BCUT2D eigenvalue weighted by molar-refractivity contribution is -0.140. The van der Waals surface area contributed by atoms with Crippen LogP contribution in [0.15, 0.2) is 0 Å². The SMILES string of the molecule is [2H]CC(=O)N[C@@H](CSCCC#N)C(=O)O. The van der Waals surface area contributed by atoms with Crippen LogP contribution in [-0.4, -0.2) is 34.5 Å². The van der Waals surface area contributed by atoms with Gasteiger partial charge in [-0.2, -0.15) is 17.0 Å². The zero-order valence-corrected chi connectivity index (χ0v) is 8.34. The quantitative estimate of drug-likeness (QED) is 0.621. The van der Waals surface area contributed by atoms with Crippen LogP contribution in [-0.2, 0) is 9.59 Å². The van der Waals surface area contributed by atoms with Gasteiger partial charge in [-0.1, -0.05) is 0 Å². The molecule has 0 aromatic carbocycles. The Morgan fingerprint density at radius 3 is 3.00 bits per heavy atom. The number of nitrogens with one attached hydrogen (secondary N) is 1. The summed E-state index contributed by atoms with van der Waals surface area (Å²) in [5.74, 6) is -0.982. The van der Waals surface area contributed by atoms with Crippen molar-refractivity contribution in [1.29, 1.82) is 5.26 Å². The van der Waals surface area contributed by atoms with Crippen molar-refractivity contribution in [3.8, 4) is 6.07 Å². The first-order valence-corrected chi connectivity index (χ1v) is 5.03. The van der Waals surface area contributed by atoms with E-state index < -0.39 is 24.8 Å². The van der Waals surface area contributed by atoms with Crippen molar-refractivity contribution in [2.45, 2.75) is 19.4 Å². The maximum atomic E-state index is 10.8. The van der Waals surface area contributed by atoms with Gasteiger partial charge in [0.25, 0.3) is 0 Å². The molecular weight excluding hydrogens is 204 g/mol. The molecule has 0 aliphatic rings. The van der Waals surface area contributed by atoms with E-state index >= 15 is 0 Å². The van der Waals surface area contributed by atoms with Crippen molar-refractivity contribution in [3.05, 3.63) is 0 Å². The average molecular weight is 217 g/mol. The van der Waals surface area contributed by atoms with Crippen molar-refractivity contribution in [2.24, 2.45) is 0 Å². The summed E-state index contributed by atoms with van der Waals surface area (Å²) < 4.78 is 6.73. The van der Waals surface area contributed by atoms with E-state index in [2.05, 4.69) is 5.32 Å². The highest BCUT2D eigenvalue weighted by molar-refractivity contribution is 7.99. The Balaban J connectivity index is 3.90. The van der Waals surface area contributed by atoms with E-state index in [1.165, 1.54) is 11.8 Å². The molecule has 0 saturated heterocycles. The third-order valence-corrected chi connectivity index (χ3v) is 2.34. The second-order valence-corrected chi connectivity index (χ2v) is 3.59.